The Hall–Kier alpha value is -1.44. The number of benzene rings is 1. The van der Waals surface area contributed by atoms with Crippen LogP contribution in [0.4, 0.5) is 0 Å². The molecule has 0 aliphatic heterocycles. The molecule has 0 amide bonds. The van der Waals surface area contributed by atoms with E-state index in [1.54, 1.807) is 0 Å². The van der Waals surface area contributed by atoms with Crippen LogP contribution in [0.1, 0.15) is 50.9 Å². The van der Waals surface area contributed by atoms with Crippen molar-refractivity contribution >= 4 is 11.0 Å². The van der Waals surface area contributed by atoms with E-state index in [1.165, 1.54) is 24.2 Å². The molecule has 1 saturated carbocycles. The van der Waals surface area contributed by atoms with Crippen molar-refractivity contribution in [3.63, 3.8) is 0 Å². The summed E-state index contributed by atoms with van der Waals surface area (Å²) >= 11 is 0. The van der Waals surface area contributed by atoms with E-state index in [4.69, 9.17) is 9.97 Å². The molecule has 0 radical (unpaired) electrons. The maximum Gasteiger partial charge on any atom is 0.0890 e. The molecular weight excluding hydrogens is 220 g/mol. The van der Waals surface area contributed by atoms with Crippen molar-refractivity contribution < 1.29 is 0 Å². The van der Waals surface area contributed by atoms with Gasteiger partial charge in [-0.2, -0.15) is 0 Å². The Kier molecular flexibility index (Phi) is 1.71. The average Bonchev–Trinajstić information content (AvgIpc) is 2.68. The largest absolute Gasteiger partial charge is 0.249 e. The SMILES string of the molecule is CC1(C)[C@H]2CC[C@@]1(C)c1nc3ccccc3nc12. The third-order valence-corrected chi connectivity index (χ3v) is 5.68. The topological polar surface area (TPSA) is 25.8 Å². The molecule has 2 aliphatic carbocycles. The van der Waals surface area contributed by atoms with Gasteiger partial charge >= 0.3 is 0 Å². The second-order valence-electron chi connectivity index (χ2n) is 6.59. The van der Waals surface area contributed by atoms with Crippen molar-refractivity contribution in [1.82, 2.24) is 9.97 Å². The second-order valence-corrected chi connectivity index (χ2v) is 6.59. The lowest BCUT2D eigenvalue weighted by Crippen LogP contribution is -2.31. The molecule has 0 unspecified atom stereocenters. The Morgan fingerprint density at radius 1 is 1.06 bits per heavy atom. The number of fused-ring (bicyclic) bond motifs is 6. The van der Waals surface area contributed by atoms with Crippen LogP contribution in [0.15, 0.2) is 24.3 Å². The molecular formula is C16H18N2. The predicted molar refractivity (Wildman–Crippen MR) is 72.6 cm³/mol. The standard InChI is InChI=1S/C16H18N2/c1-15(2)10-8-9-16(15,3)14-13(10)17-11-6-4-5-7-12(11)18-14/h4-7,10H,8-9H2,1-3H3/t10-,16-/m0/s1. The highest BCUT2D eigenvalue weighted by Crippen LogP contribution is 2.66. The lowest BCUT2D eigenvalue weighted by atomic mass is 9.70. The average molecular weight is 238 g/mol. The zero-order chi connectivity index (χ0) is 12.5. The van der Waals surface area contributed by atoms with Crippen molar-refractivity contribution in [3.05, 3.63) is 35.7 Å². The molecule has 2 heteroatoms. The van der Waals surface area contributed by atoms with Crippen LogP contribution < -0.4 is 0 Å². The van der Waals surface area contributed by atoms with Gasteiger partial charge in [0.05, 0.1) is 22.4 Å². The van der Waals surface area contributed by atoms with Crippen LogP contribution in [0.25, 0.3) is 11.0 Å². The number of hydrogen-bond acceptors (Lipinski definition) is 2. The van der Waals surface area contributed by atoms with E-state index in [1.807, 2.05) is 12.1 Å². The molecule has 4 rings (SSSR count). The predicted octanol–water partition coefficient (Wildman–Crippen LogP) is 3.80. The zero-order valence-corrected chi connectivity index (χ0v) is 11.2. The molecule has 1 fully saturated rings. The highest BCUT2D eigenvalue weighted by molar-refractivity contribution is 5.75. The first kappa shape index (κ1) is 10.5. The molecule has 0 saturated heterocycles. The quantitative estimate of drug-likeness (QED) is 0.697. The van der Waals surface area contributed by atoms with Crippen LogP contribution in [0.5, 0.6) is 0 Å². The first-order valence-electron chi connectivity index (χ1n) is 6.81. The lowest BCUT2D eigenvalue weighted by molar-refractivity contribution is 0.227. The third-order valence-electron chi connectivity index (χ3n) is 5.68. The van der Waals surface area contributed by atoms with Gasteiger partial charge in [0.25, 0.3) is 0 Å². The number of aromatic nitrogens is 2. The van der Waals surface area contributed by atoms with Crippen molar-refractivity contribution in [2.75, 3.05) is 0 Å². The first-order valence-corrected chi connectivity index (χ1v) is 6.81. The third kappa shape index (κ3) is 0.969. The summed E-state index contributed by atoms with van der Waals surface area (Å²) in [4.78, 5) is 9.86. The Labute approximate surface area is 107 Å². The van der Waals surface area contributed by atoms with Gasteiger partial charge in [0, 0.05) is 11.3 Å². The number of hydrogen-bond donors (Lipinski definition) is 0. The number of rotatable bonds is 0. The minimum atomic E-state index is 0.212. The van der Waals surface area contributed by atoms with Gasteiger partial charge in [-0.25, -0.2) is 9.97 Å². The van der Waals surface area contributed by atoms with Gasteiger partial charge in [-0.15, -0.1) is 0 Å². The van der Waals surface area contributed by atoms with Crippen molar-refractivity contribution in [2.45, 2.75) is 44.9 Å². The summed E-state index contributed by atoms with van der Waals surface area (Å²) in [5.74, 6) is 0.592. The van der Waals surface area contributed by atoms with Crippen molar-refractivity contribution in [3.8, 4) is 0 Å². The summed E-state index contributed by atoms with van der Waals surface area (Å²) < 4.78 is 0. The summed E-state index contributed by atoms with van der Waals surface area (Å²) in [6.07, 6.45) is 2.52. The molecule has 2 aromatic rings. The molecule has 18 heavy (non-hydrogen) atoms. The first-order chi connectivity index (χ1) is 8.54. The Bertz CT molecular complexity index is 659. The summed E-state index contributed by atoms with van der Waals surface area (Å²) in [5.41, 5.74) is 5.13. The summed E-state index contributed by atoms with van der Waals surface area (Å²) in [5, 5.41) is 0. The fraction of sp³-hybridized carbons (Fsp3) is 0.500. The van der Waals surface area contributed by atoms with Crippen LogP contribution in [0.3, 0.4) is 0 Å². The van der Waals surface area contributed by atoms with Gasteiger partial charge in [-0.1, -0.05) is 32.9 Å². The molecule has 2 bridgehead atoms. The fourth-order valence-electron chi connectivity index (χ4n) is 4.07. The molecule has 0 N–H and O–H groups in total. The summed E-state index contributed by atoms with van der Waals surface area (Å²) in [7, 11) is 0. The monoisotopic (exact) mass is 238 g/mol. The van der Waals surface area contributed by atoms with E-state index in [0.717, 1.165) is 11.0 Å². The van der Waals surface area contributed by atoms with E-state index in [9.17, 15) is 0 Å². The Morgan fingerprint density at radius 3 is 2.44 bits per heavy atom. The highest BCUT2D eigenvalue weighted by atomic mass is 14.9. The molecule has 0 spiro atoms. The fourth-order valence-corrected chi connectivity index (χ4v) is 4.07. The van der Waals surface area contributed by atoms with Crippen LogP contribution in [-0.2, 0) is 5.41 Å². The maximum atomic E-state index is 4.94. The number of nitrogens with zero attached hydrogens (tertiary/aromatic N) is 2. The molecule has 1 heterocycles. The lowest BCUT2D eigenvalue weighted by Gasteiger charge is -2.34. The van der Waals surface area contributed by atoms with E-state index in [2.05, 4.69) is 32.9 Å². The molecule has 92 valence electrons. The van der Waals surface area contributed by atoms with Crippen LogP contribution in [0, 0.1) is 5.41 Å². The number of para-hydroxylation sites is 2. The van der Waals surface area contributed by atoms with Crippen LogP contribution in [-0.4, -0.2) is 9.97 Å². The minimum Gasteiger partial charge on any atom is -0.249 e. The van der Waals surface area contributed by atoms with Gasteiger partial charge in [-0.05, 0) is 30.4 Å². The van der Waals surface area contributed by atoms with Crippen LogP contribution >= 0.6 is 0 Å². The zero-order valence-electron chi connectivity index (χ0n) is 11.2. The normalized spacial score (nSPS) is 31.8. The molecule has 2 nitrogen and oxygen atoms in total. The molecule has 2 atom stereocenters. The molecule has 1 aromatic carbocycles. The minimum absolute atomic E-state index is 0.212. The molecule has 2 aliphatic rings. The van der Waals surface area contributed by atoms with E-state index < -0.39 is 0 Å². The van der Waals surface area contributed by atoms with Crippen LogP contribution in [0.2, 0.25) is 0 Å². The van der Waals surface area contributed by atoms with Gasteiger partial charge in [-0.3, -0.25) is 0 Å². The van der Waals surface area contributed by atoms with E-state index in [-0.39, 0.29) is 5.41 Å². The van der Waals surface area contributed by atoms with Gasteiger partial charge in [0.1, 0.15) is 0 Å². The van der Waals surface area contributed by atoms with Gasteiger partial charge in [0.2, 0.25) is 0 Å². The van der Waals surface area contributed by atoms with Gasteiger partial charge in [0.15, 0.2) is 0 Å². The molecule has 1 aromatic heterocycles. The van der Waals surface area contributed by atoms with Gasteiger partial charge < -0.3 is 0 Å². The van der Waals surface area contributed by atoms with E-state index in [0.29, 0.717) is 11.3 Å². The van der Waals surface area contributed by atoms with Crippen molar-refractivity contribution in [1.29, 1.82) is 0 Å². The van der Waals surface area contributed by atoms with E-state index >= 15 is 0 Å². The highest BCUT2D eigenvalue weighted by Gasteiger charge is 2.61. The smallest absolute Gasteiger partial charge is 0.0890 e. The Morgan fingerprint density at radius 2 is 1.72 bits per heavy atom. The summed E-state index contributed by atoms with van der Waals surface area (Å²) in [6, 6.07) is 8.24. The maximum absolute atomic E-state index is 4.94. The second kappa shape index (κ2) is 2.93. The Balaban J connectivity index is 2.08. The van der Waals surface area contributed by atoms with Crippen molar-refractivity contribution in [2.24, 2.45) is 5.41 Å². The summed E-state index contributed by atoms with van der Waals surface area (Å²) in [6.45, 7) is 7.15.